The summed E-state index contributed by atoms with van der Waals surface area (Å²) < 4.78 is 5.68. The lowest BCUT2D eigenvalue weighted by Crippen LogP contribution is -2.06. The zero-order valence-corrected chi connectivity index (χ0v) is 8.84. The quantitative estimate of drug-likeness (QED) is 0.815. The van der Waals surface area contributed by atoms with Gasteiger partial charge in [-0.25, -0.2) is 0 Å². The molecule has 1 atom stereocenters. The van der Waals surface area contributed by atoms with E-state index in [4.69, 9.17) is 21.4 Å². The third-order valence-corrected chi connectivity index (χ3v) is 2.63. The van der Waals surface area contributed by atoms with Gasteiger partial charge in [0.25, 0.3) is 0 Å². The molecule has 0 fully saturated rings. The monoisotopic (exact) mass is 212 g/mol. The SMILES string of the molecule is CC1Cc2cc(Cl)cc(CCO)c2O1. The van der Waals surface area contributed by atoms with E-state index in [2.05, 4.69) is 0 Å². The number of aliphatic hydroxyl groups excluding tert-OH is 1. The summed E-state index contributed by atoms with van der Waals surface area (Å²) in [6.45, 7) is 2.17. The van der Waals surface area contributed by atoms with E-state index in [1.165, 1.54) is 0 Å². The van der Waals surface area contributed by atoms with Crippen LogP contribution in [0.1, 0.15) is 18.1 Å². The third kappa shape index (κ3) is 1.72. The van der Waals surface area contributed by atoms with Crippen molar-refractivity contribution in [3.05, 3.63) is 28.3 Å². The molecule has 76 valence electrons. The molecule has 0 aliphatic carbocycles. The molecule has 0 spiro atoms. The van der Waals surface area contributed by atoms with Gasteiger partial charge in [0.2, 0.25) is 0 Å². The molecule has 1 unspecified atom stereocenters. The first kappa shape index (κ1) is 9.81. The minimum absolute atomic E-state index is 0.129. The molecule has 1 aromatic rings. The van der Waals surface area contributed by atoms with Crippen LogP contribution in [0.25, 0.3) is 0 Å². The van der Waals surface area contributed by atoms with Gasteiger partial charge in [0, 0.05) is 18.1 Å². The van der Waals surface area contributed by atoms with Crippen LogP contribution >= 0.6 is 11.6 Å². The number of fused-ring (bicyclic) bond motifs is 1. The van der Waals surface area contributed by atoms with Gasteiger partial charge in [0.05, 0.1) is 0 Å². The second kappa shape index (κ2) is 3.79. The fraction of sp³-hybridized carbons (Fsp3) is 0.455. The molecule has 1 aliphatic heterocycles. The van der Waals surface area contributed by atoms with Crippen LogP contribution in [0.4, 0.5) is 0 Å². The van der Waals surface area contributed by atoms with Crippen LogP contribution in [0.5, 0.6) is 5.75 Å². The van der Waals surface area contributed by atoms with Crippen LogP contribution in [-0.2, 0) is 12.8 Å². The summed E-state index contributed by atoms with van der Waals surface area (Å²) in [6, 6.07) is 3.82. The minimum Gasteiger partial charge on any atom is -0.490 e. The van der Waals surface area contributed by atoms with E-state index in [1.54, 1.807) is 0 Å². The highest BCUT2D eigenvalue weighted by Gasteiger charge is 2.22. The Morgan fingerprint density at radius 1 is 1.57 bits per heavy atom. The molecule has 1 heterocycles. The van der Waals surface area contributed by atoms with Crippen molar-refractivity contribution in [3.63, 3.8) is 0 Å². The topological polar surface area (TPSA) is 29.5 Å². The van der Waals surface area contributed by atoms with E-state index in [0.717, 1.165) is 28.3 Å². The first-order chi connectivity index (χ1) is 6.70. The highest BCUT2D eigenvalue weighted by molar-refractivity contribution is 6.30. The molecule has 0 radical (unpaired) electrons. The zero-order chi connectivity index (χ0) is 10.1. The van der Waals surface area contributed by atoms with Gasteiger partial charge in [-0.3, -0.25) is 0 Å². The minimum atomic E-state index is 0.129. The Balaban J connectivity index is 2.41. The summed E-state index contributed by atoms with van der Waals surface area (Å²) >= 11 is 5.97. The molecule has 2 rings (SSSR count). The maximum Gasteiger partial charge on any atom is 0.126 e. The Hall–Kier alpha value is -0.730. The van der Waals surface area contributed by atoms with Crippen molar-refractivity contribution in [1.29, 1.82) is 0 Å². The Labute approximate surface area is 88.5 Å². The molecule has 1 aliphatic rings. The van der Waals surface area contributed by atoms with Crippen LogP contribution in [0.2, 0.25) is 5.02 Å². The summed E-state index contributed by atoms with van der Waals surface area (Å²) in [6.07, 6.45) is 1.74. The largest absolute Gasteiger partial charge is 0.490 e. The number of ether oxygens (including phenoxy) is 1. The van der Waals surface area contributed by atoms with Gasteiger partial charge in [-0.05, 0) is 36.6 Å². The van der Waals surface area contributed by atoms with E-state index in [1.807, 2.05) is 19.1 Å². The number of hydrogen-bond acceptors (Lipinski definition) is 2. The lowest BCUT2D eigenvalue weighted by molar-refractivity contribution is 0.249. The van der Waals surface area contributed by atoms with Crippen LogP contribution in [0.15, 0.2) is 12.1 Å². The van der Waals surface area contributed by atoms with Crippen molar-refractivity contribution in [3.8, 4) is 5.75 Å². The molecule has 0 bridgehead atoms. The molecule has 0 saturated carbocycles. The second-order valence-electron chi connectivity index (χ2n) is 3.66. The molecule has 0 aromatic heterocycles. The molecular formula is C11H13ClO2. The van der Waals surface area contributed by atoms with Gasteiger partial charge < -0.3 is 9.84 Å². The number of halogens is 1. The Kier molecular flexibility index (Phi) is 2.66. The Morgan fingerprint density at radius 3 is 3.07 bits per heavy atom. The molecule has 0 saturated heterocycles. The first-order valence-electron chi connectivity index (χ1n) is 4.79. The van der Waals surface area contributed by atoms with Crippen LogP contribution in [-0.4, -0.2) is 17.8 Å². The fourth-order valence-electron chi connectivity index (χ4n) is 1.87. The highest BCUT2D eigenvalue weighted by Crippen LogP contribution is 2.35. The lowest BCUT2D eigenvalue weighted by Gasteiger charge is -2.08. The standard InChI is InChI=1S/C11H13ClO2/c1-7-4-9-6-10(12)5-8(2-3-13)11(9)14-7/h5-7,13H,2-4H2,1H3. The Bertz CT molecular complexity index is 349. The van der Waals surface area contributed by atoms with E-state index in [-0.39, 0.29) is 12.7 Å². The normalized spacial score (nSPS) is 19.2. The van der Waals surface area contributed by atoms with Crippen LogP contribution in [0.3, 0.4) is 0 Å². The predicted molar refractivity (Wildman–Crippen MR) is 56.0 cm³/mol. The lowest BCUT2D eigenvalue weighted by atomic mass is 10.0. The van der Waals surface area contributed by atoms with Crippen molar-refractivity contribution in [2.24, 2.45) is 0 Å². The molecule has 1 N–H and O–H groups in total. The average molecular weight is 213 g/mol. The summed E-state index contributed by atoms with van der Waals surface area (Å²) in [4.78, 5) is 0. The number of benzene rings is 1. The Morgan fingerprint density at radius 2 is 2.36 bits per heavy atom. The molecule has 1 aromatic carbocycles. The molecular weight excluding hydrogens is 200 g/mol. The second-order valence-corrected chi connectivity index (χ2v) is 4.10. The van der Waals surface area contributed by atoms with Crippen LogP contribution in [0, 0.1) is 0 Å². The maximum absolute atomic E-state index is 8.91. The third-order valence-electron chi connectivity index (χ3n) is 2.42. The van der Waals surface area contributed by atoms with Gasteiger partial charge >= 0.3 is 0 Å². The van der Waals surface area contributed by atoms with Crippen molar-refractivity contribution in [1.82, 2.24) is 0 Å². The van der Waals surface area contributed by atoms with E-state index in [0.29, 0.717) is 6.42 Å². The van der Waals surface area contributed by atoms with E-state index >= 15 is 0 Å². The van der Waals surface area contributed by atoms with Gasteiger partial charge in [-0.2, -0.15) is 0 Å². The van der Waals surface area contributed by atoms with Crippen molar-refractivity contribution < 1.29 is 9.84 Å². The summed E-state index contributed by atoms with van der Waals surface area (Å²) in [5.74, 6) is 0.927. The highest BCUT2D eigenvalue weighted by atomic mass is 35.5. The first-order valence-corrected chi connectivity index (χ1v) is 5.17. The van der Waals surface area contributed by atoms with E-state index in [9.17, 15) is 0 Å². The molecule has 14 heavy (non-hydrogen) atoms. The fourth-order valence-corrected chi connectivity index (χ4v) is 2.14. The maximum atomic E-state index is 8.91. The molecule has 3 heteroatoms. The smallest absolute Gasteiger partial charge is 0.126 e. The number of hydrogen-bond donors (Lipinski definition) is 1. The van der Waals surface area contributed by atoms with Gasteiger partial charge in [0.15, 0.2) is 0 Å². The van der Waals surface area contributed by atoms with Gasteiger partial charge in [-0.15, -0.1) is 0 Å². The van der Waals surface area contributed by atoms with Crippen molar-refractivity contribution in [2.75, 3.05) is 6.61 Å². The summed E-state index contributed by atoms with van der Waals surface area (Å²) in [5.41, 5.74) is 2.17. The average Bonchev–Trinajstić information content (AvgIpc) is 2.45. The number of rotatable bonds is 2. The molecule has 2 nitrogen and oxygen atoms in total. The number of aliphatic hydroxyl groups is 1. The molecule has 0 amide bonds. The van der Waals surface area contributed by atoms with E-state index < -0.39 is 0 Å². The summed E-state index contributed by atoms with van der Waals surface area (Å²) in [7, 11) is 0. The van der Waals surface area contributed by atoms with Crippen molar-refractivity contribution in [2.45, 2.75) is 25.9 Å². The van der Waals surface area contributed by atoms with Gasteiger partial charge in [-0.1, -0.05) is 11.6 Å². The van der Waals surface area contributed by atoms with Crippen LogP contribution < -0.4 is 4.74 Å². The predicted octanol–water partition coefficient (Wildman–Crippen LogP) is 2.20. The zero-order valence-electron chi connectivity index (χ0n) is 8.09. The summed E-state index contributed by atoms with van der Waals surface area (Å²) in [5, 5.41) is 9.64. The van der Waals surface area contributed by atoms with Gasteiger partial charge in [0.1, 0.15) is 11.9 Å². The van der Waals surface area contributed by atoms with Crippen molar-refractivity contribution >= 4 is 11.6 Å².